The van der Waals surface area contributed by atoms with E-state index in [4.69, 9.17) is 0 Å². The van der Waals surface area contributed by atoms with Gasteiger partial charge < -0.3 is 10.2 Å². The third kappa shape index (κ3) is 4.39. The first-order chi connectivity index (χ1) is 11.7. The van der Waals surface area contributed by atoms with E-state index in [1.165, 1.54) is 37.3 Å². The fourth-order valence-electron chi connectivity index (χ4n) is 2.95. The molecular formula is C18H24N4OS. The Hall–Kier alpha value is -1.79. The van der Waals surface area contributed by atoms with Crippen LogP contribution in [0.25, 0.3) is 10.7 Å². The van der Waals surface area contributed by atoms with Crippen LogP contribution in [0, 0.1) is 6.92 Å². The second-order valence-electron chi connectivity index (χ2n) is 6.16. The Labute approximate surface area is 147 Å². The average molecular weight is 344 g/mol. The van der Waals surface area contributed by atoms with Gasteiger partial charge in [-0.3, -0.25) is 9.78 Å². The van der Waals surface area contributed by atoms with Crippen molar-refractivity contribution in [3.63, 3.8) is 0 Å². The van der Waals surface area contributed by atoms with Crippen molar-refractivity contribution in [2.24, 2.45) is 0 Å². The van der Waals surface area contributed by atoms with Gasteiger partial charge >= 0.3 is 0 Å². The molecule has 1 fully saturated rings. The number of pyridine rings is 1. The van der Waals surface area contributed by atoms with Crippen LogP contribution in [0.15, 0.2) is 24.4 Å². The van der Waals surface area contributed by atoms with Crippen molar-refractivity contribution in [2.75, 3.05) is 26.2 Å². The molecule has 0 radical (unpaired) electrons. The number of aromatic nitrogens is 2. The summed E-state index contributed by atoms with van der Waals surface area (Å²) < 4.78 is 0. The second kappa shape index (κ2) is 8.35. The molecule has 1 aliphatic heterocycles. The summed E-state index contributed by atoms with van der Waals surface area (Å²) in [5, 5.41) is 3.82. The van der Waals surface area contributed by atoms with E-state index >= 15 is 0 Å². The van der Waals surface area contributed by atoms with E-state index in [0.29, 0.717) is 4.88 Å². The molecule has 1 N–H and O–H groups in total. The fraction of sp³-hybridized carbons (Fsp3) is 0.500. The lowest BCUT2D eigenvalue weighted by molar-refractivity contribution is 0.0956. The van der Waals surface area contributed by atoms with Gasteiger partial charge in [0, 0.05) is 12.7 Å². The maximum atomic E-state index is 12.4. The lowest BCUT2D eigenvalue weighted by Crippen LogP contribution is -2.26. The summed E-state index contributed by atoms with van der Waals surface area (Å²) in [6, 6.07) is 5.72. The van der Waals surface area contributed by atoms with E-state index in [0.717, 1.165) is 42.3 Å². The van der Waals surface area contributed by atoms with Crippen LogP contribution in [0.3, 0.4) is 0 Å². The largest absolute Gasteiger partial charge is 0.351 e. The molecule has 6 heteroatoms. The van der Waals surface area contributed by atoms with E-state index in [9.17, 15) is 4.79 Å². The second-order valence-corrected chi connectivity index (χ2v) is 7.16. The molecule has 3 rings (SSSR count). The molecule has 0 aliphatic carbocycles. The van der Waals surface area contributed by atoms with Crippen molar-refractivity contribution in [2.45, 2.75) is 32.6 Å². The Bertz CT molecular complexity index is 665. The van der Waals surface area contributed by atoms with E-state index < -0.39 is 0 Å². The predicted molar refractivity (Wildman–Crippen MR) is 97.3 cm³/mol. The molecule has 1 amide bonds. The highest BCUT2D eigenvalue weighted by atomic mass is 32.1. The third-order valence-electron chi connectivity index (χ3n) is 4.27. The molecule has 2 aromatic heterocycles. The quantitative estimate of drug-likeness (QED) is 0.784. The van der Waals surface area contributed by atoms with Crippen molar-refractivity contribution >= 4 is 17.2 Å². The minimum atomic E-state index is -0.0200. The molecular weight excluding hydrogens is 320 g/mol. The van der Waals surface area contributed by atoms with E-state index in [2.05, 4.69) is 20.2 Å². The number of likely N-dealkylation sites (tertiary alicyclic amines) is 1. The first kappa shape index (κ1) is 17.0. The van der Waals surface area contributed by atoms with Gasteiger partial charge in [-0.25, -0.2) is 4.98 Å². The zero-order valence-electron chi connectivity index (χ0n) is 14.1. The molecule has 1 saturated heterocycles. The number of unbranched alkanes of at least 4 members (excludes halogenated alkanes) is 1. The molecule has 0 unspecified atom stereocenters. The highest BCUT2D eigenvalue weighted by Crippen LogP contribution is 2.26. The number of nitrogens with one attached hydrogen (secondary N) is 1. The Balaban J connectivity index is 1.47. The van der Waals surface area contributed by atoms with Gasteiger partial charge in [-0.2, -0.15) is 0 Å². The van der Waals surface area contributed by atoms with Crippen molar-refractivity contribution in [1.29, 1.82) is 0 Å². The van der Waals surface area contributed by atoms with Crippen molar-refractivity contribution in [1.82, 2.24) is 20.2 Å². The highest BCUT2D eigenvalue weighted by Gasteiger charge is 2.16. The molecule has 0 spiro atoms. The lowest BCUT2D eigenvalue weighted by Gasteiger charge is -2.13. The van der Waals surface area contributed by atoms with Gasteiger partial charge in [-0.1, -0.05) is 6.07 Å². The van der Waals surface area contributed by atoms with Crippen LogP contribution in [-0.4, -0.2) is 47.0 Å². The Kier molecular flexibility index (Phi) is 5.93. The Morgan fingerprint density at radius 1 is 1.29 bits per heavy atom. The highest BCUT2D eigenvalue weighted by molar-refractivity contribution is 7.17. The van der Waals surface area contributed by atoms with Crippen LogP contribution >= 0.6 is 11.3 Å². The summed E-state index contributed by atoms with van der Waals surface area (Å²) in [6.07, 6.45) is 6.57. The summed E-state index contributed by atoms with van der Waals surface area (Å²) >= 11 is 1.41. The number of carbonyl (C=O) groups excluding carboxylic acids is 1. The number of carbonyl (C=O) groups is 1. The zero-order valence-corrected chi connectivity index (χ0v) is 14.9. The van der Waals surface area contributed by atoms with Crippen molar-refractivity contribution in [3.05, 3.63) is 35.0 Å². The summed E-state index contributed by atoms with van der Waals surface area (Å²) in [5.74, 6) is -0.0200. The van der Waals surface area contributed by atoms with Crippen LogP contribution in [0.1, 0.15) is 41.0 Å². The van der Waals surface area contributed by atoms with Crippen LogP contribution in [0.2, 0.25) is 0 Å². The van der Waals surface area contributed by atoms with Crippen molar-refractivity contribution in [3.8, 4) is 10.7 Å². The molecule has 2 aromatic rings. The number of aryl methyl sites for hydroxylation is 1. The van der Waals surface area contributed by atoms with Crippen LogP contribution < -0.4 is 5.32 Å². The monoisotopic (exact) mass is 344 g/mol. The molecule has 24 heavy (non-hydrogen) atoms. The maximum absolute atomic E-state index is 12.4. The van der Waals surface area contributed by atoms with Gasteiger partial charge in [-0.15, -0.1) is 11.3 Å². The first-order valence-corrected chi connectivity index (χ1v) is 9.45. The summed E-state index contributed by atoms with van der Waals surface area (Å²) in [6.45, 7) is 6.23. The van der Waals surface area contributed by atoms with Gasteiger partial charge in [0.15, 0.2) is 0 Å². The van der Waals surface area contributed by atoms with E-state index in [-0.39, 0.29) is 5.91 Å². The third-order valence-corrected chi connectivity index (χ3v) is 5.45. The van der Waals surface area contributed by atoms with Gasteiger partial charge in [0.25, 0.3) is 5.91 Å². The molecule has 0 bridgehead atoms. The number of hydrogen-bond donors (Lipinski definition) is 1. The summed E-state index contributed by atoms with van der Waals surface area (Å²) in [5.41, 5.74) is 1.59. The predicted octanol–water partition coefficient (Wildman–Crippen LogP) is 3.12. The topological polar surface area (TPSA) is 58.1 Å². The zero-order chi connectivity index (χ0) is 16.8. The smallest absolute Gasteiger partial charge is 0.263 e. The van der Waals surface area contributed by atoms with Crippen molar-refractivity contribution < 1.29 is 4.79 Å². The number of thiazole rings is 1. The average Bonchev–Trinajstić information content (AvgIpc) is 3.25. The summed E-state index contributed by atoms with van der Waals surface area (Å²) in [7, 11) is 0. The van der Waals surface area contributed by atoms with E-state index in [1.807, 2.05) is 25.1 Å². The SMILES string of the molecule is Cc1nc(-c2ccccn2)sc1C(=O)NCCCCN1CCCC1. The molecule has 5 nitrogen and oxygen atoms in total. The molecule has 3 heterocycles. The normalized spacial score (nSPS) is 14.9. The molecule has 1 aliphatic rings. The Morgan fingerprint density at radius 3 is 2.88 bits per heavy atom. The standard InChI is InChI=1S/C18H24N4OS/c1-14-16(24-18(21-14)15-8-2-3-9-19-15)17(23)20-10-4-5-11-22-12-6-7-13-22/h2-3,8-9H,4-7,10-13H2,1H3,(H,20,23). The van der Waals surface area contributed by atoms with Crippen LogP contribution in [0.5, 0.6) is 0 Å². The van der Waals surface area contributed by atoms with Gasteiger partial charge in [0.05, 0.1) is 11.4 Å². The van der Waals surface area contributed by atoms with E-state index in [1.54, 1.807) is 6.20 Å². The van der Waals surface area contributed by atoms with Gasteiger partial charge in [-0.05, 0) is 64.4 Å². The minimum absolute atomic E-state index is 0.0200. The maximum Gasteiger partial charge on any atom is 0.263 e. The molecule has 0 aromatic carbocycles. The summed E-state index contributed by atoms with van der Waals surface area (Å²) in [4.78, 5) is 24.3. The number of nitrogens with zero attached hydrogens (tertiary/aromatic N) is 3. The minimum Gasteiger partial charge on any atom is -0.351 e. The molecule has 0 atom stereocenters. The Morgan fingerprint density at radius 2 is 2.12 bits per heavy atom. The fourth-order valence-corrected chi connectivity index (χ4v) is 3.91. The van der Waals surface area contributed by atoms with Gasteiger partial charge in [0.1, 0.15) is 9.88 Å². The molecule has 128 valence electrons. The van der Waals surface area contributed by atoms with Gasteiger partial charge in [0.2, 0.25) is 0 Å². The lowest BCUT2D eigenvalue weighted by atomic mass is 10.3. The van der Waals surface area contributed by atoms with Crippen LogP contribution in [-0.2, 0) is 0 Å². The van der Waals surface area contributed by atoms with Crippen LogP contribution in [0.4, 0.5) is 0 Å². The number of hydrogen-bond acceptors (Lipinski definition) is 5. The number of rotatable bonds is 7. The molecule has 0 saturated carbocycles. The first-order valence-electron chi connectivity index (χ1n) is 8.63. The number of amides is 1.